The molecule has 4 nitrogen and oxygen atoms in total. The van der Waals surface area contributed by atoms with E-state index in [1.54, 1.807) is 6.07 Å². The number of benzene rings is 1. The van der Waals surface area contributed by atoms with Crippen LogP contribution in [0.15, 0.2) is 40.8 Å². The van der Waals surface area contributed by atoms with Gasteiger partial charge in [0, 0.05) is 9.13 Å². The van der Waals surface area contributed by atoms with Crippen LogP contribution in [0.4, 0.5) is 0 Å². The molecule has 0 aliphatic rings. The maximum Gasteiger partial charge on any atom is 0.371 e. The van der Waals surface area contributed by atoms with Gasteiger partial charge in [0.1, 0.15) is 11.9 Å². The van der Waals surface area contributed by atoms with Gasteiger partial charge in [-0.05, 0) is 40.8 Å². The molecule has 2 aromatic rings. The van der Waals surface area contributed by atoms with E-state index < -0.39 is 12.1 Å². The fourth-order valence-electron chi connectivity index (χ4n) is 1.46. The molecule has 5 heteroatoms. The van der Waals surface area contributed by atoms with E-state index in [2.05, 4.69) is 22.6 Å². The number of carbonyl (C=O) groups is 1. The lowest BCUT2D eigenvalue weighted by Gasteiger charge is -2.09. The Balaban J connectivity index is 2.34. The van der Waals surface area contributed by atoms with E-state index in [1.165, 1.54) is 12.1 Å². The Bertz CT molecular complexity index is 547. The summed E-state index contributed by atoms with van der Waals surface area (Å²) in [5.74, 6) is -1.09. The van der Waals surface area contributed by atoms with Crippen molar-refractivity contribution < 1.29 is 19.4 Å². The van der Waals surface area contributed by atoms with E-state index >= 15 is 0 Å². The highest BCUT2D eigenvalue weighted by Gasteiger charge is 2.18. The summed E-state index contributed by atoms with van der Waals surface area (Å²) in [6.45, 7) is 0. The number of carboxylic acids is 1. The third kappa shape index (κ3) is 2.50. The van der Waals surface area contributed by atoms with E-state index in [0.29, 0.717) is 5.56 Å². The average molecular weight is 344 g/mol. The van der Waals surface area contributed by atoms with Gasteiger partial charge < -0.3 is 14.6 Å². The zero-order chi connectivity index (χ0) is 12.4. The number of furan rings is 1. The minimum Gasteiger partial charge on any atom is -0.475 e. The van der Waals surface area contributed by atoms with Crippen molar-refractivity contribution in [3.63, 3.8) is 0 Å². The molecule has 2 N–H and O–H groups in total. The molecule has 1 unspecified atom stereocenters. The van der Waals surface area contributed by atoms with E-state index in [4.69, 9.17) is 9.52 Å². The summed E-state index contributed by atoms with van der Waals surface area (Å²) < 4.78 is 5.96. The van der Waals surface area contributed by atoms with Crippen LogP contribution in [-0.2, 0) is 0 Å². The summed E-state index contributed by atoms with van der Waals surface area (Å²) in [5.41, 5.74) is 0.694. The molecule has 1 aromatic heterocycles. The van der Waals surface area contributed by atoms with Crippen molar-refractivity contribution >= 4 is 28.6 Å². The van der Waals surface area contributed by atoms with Crippen LogP contribution in [0.25, 0.3) is 0 Å². The van der Waals surface area contributed by atoms with Crippen LogP contribution in [0.5, 0.6) is 0 Å². The predicted octanol–water partition coefficient (Wildman–Crippen LogP) is 2.66. The third-order valence-electron chi connectivity index (χ3n) is 2.31. The van der Waals surface area contributed by atoms with E-state index in [9.17, 15) is 9.90 Å². The smallest absolute Gasteiger partial charge is 0.371 e. The molecule has 0 saturated heterocycles. The Labute approximate surface area is 111 Å². The molecule has 0 aliphatic heterocycles. The first-order valence-electron chi connectivity index (χ1n) is 4.85. The SMILES string of the molecule is O=C(O)c1ccc(C(O)c2ccccc2I)o1. The van der Waals surface area contributed by atoms with Crippen molar-refractivity contribution in [2.24, 2.45) is 0 Å². The number of carboxylic acid groups (broad SMARTS) is 1. The lowest BCUT2D eigenvalue weighted by atomic mass is 10.1. The van der Waals surface area contributed by atoms with E-state index in [0.717, 1.165) is 3.57 Å². The lowest BCUT2D eigenvalue weighted by Crippen LogP contribution is -2.00. The molecular formula is C12H9IO4. The summed E-state index contributed by atoms with van der Waals surface area (Å²) >= 11 is 2.10. The van der Waals surface area contributed by atoms with Gasteiger partial charge in [-0.3, -0.25) is 0 Å². The Hall–Kier alpha value is -1.34. The molecule has 0 aliphatic carbocycles. The topological polar surface area (TPSA) is 70.7 Å². The van der Waals surface area contributed by atoms with Crippen LogP contribution in [-0.4, -0.2) is 16.2 Å². The lowest BCUT2D eigenvalue weighted by molar-refractivity contribution is 0.0655. The number of rotatable bonds is 3. The normalized spacial score (nSPS) is 12.4. The van der Waals surface area contributed by atoms with Crippen LogP contribution in [0.2, 0.25) is 0 Å². The molecule has 17 heavy (non-hydrogen) atoms. The van der Waals surface area contributed by atoms with Gasteiger partial charge in [-0.25, -0.2) is 4.79 Å². The summed E-state index contributed by atoms with van der Waals surface area (Å²) in [5, 5.41) is 18.8. The number of aliphatic hydroxyl groups excluding tert-OH is 1. The predicted molar refractivity (Wildman–Crippen MR) is 68.9 cm³/mol. The molecule has 1 heterocycles. The van der Waals surface area contributed by atoms with Crippen molar-refractivity contribution in [2.75, 3.05) is 0 Å². The van der Waals surface area contributed by atoms with Gasteiger partial charge in [0.05, 0.1) is 0 Å². The van der Waals surface area contributed by atoms with Crippen LogP contribution < -0.4 is 0 Å². The van der Waals surface area contributed by atoms with E-state index in [1.807, 2.05) is 18.2 Å². The molecule has 88 valence electrons. The maximum atomic E-state index is 10.7. The fraction of sp³-hybridized carbons (Fsp3) is 0.0833. The molecule has 0 amide bonds. The third-order valence-corrected chi connectivity index (χ3v) is 3.29. The number of hydrogen-bond donors (Lipinski definition) is 2. The second kappa shape index (κ2) is 4.89. The Morgan fingerprint density at radius 2 is 1.94 bits per heavy atom. The van der Waals surface area contributed by atoms with Crippen LogP contribution in [0.3, 0.4) is 0 Å². The molecule has 0 fully saturated rings. The second-order valence-corrected chi connectivity index (χ2v) is 4.59. The quantitative estimate of drug-likeness (QED) is 0.840. The van der Waals surface area contributed by atoms with Gasteiger partial charge in [-0.15, -0.1) is 0 Å². The van der Waals surface area contributed by atoms with Crippen molar-refractivity contribution in [1.29, 1.82) is 0 Å². The molecule has 0 spiro atoms. The van der Waals surface area contributed by atoms with Crippen LogP contribution in [0, 0.1) is 3.57 Å². The minimum absolute atomic E-state index is 0.176. The first-order chi connectivity index (χ1) is 8.09. The first kappa shape index (κ1) is 12.1. The highest BCUT2D eigenvalue weighted by atomic mass is 127. The molecule has 2 rings (SSSR count). The molecule has 1 atom stereocenters. The summed E-state index contributed by atoms with van der Waals surface area (Å²) in [7, 11) is 0. The van der Waals surface area contributed by atoms with Gasteiger partial charge in [0.25, 0.3) is 0 Å². The Morgan fingerprint density at radius 3 is 2.53 bits per heavy atom. The summed E-state index contributed by atoms with van der Waals surface area (Å²) in [6, 6.07) is 10.1. The maximum absolute atomic E-state index is 10.7. The summed E-state index contributed by atoms with van der Waals surface area (Å²) in [4.78, 5) is 10.7. The van der Waals surface area contributed by atoms with Crippen LogP contribution >= 0.6 is 22.6 Å². The fourth-order valence-corrected chi connectivity index (χ4v) is 2.15. The molecule has 0 radical (unpaired) electrons. The Kier molecular flexibility index (Phi) is 3.49. The van der Waals surface area contributed by atoms with Gasteiger partial charge >= 0.3 is 5.97 Å². The molecule has 0 saturated carbocycles. The van der Waals surface area contributed by atoms with Crippen molar-refractivity contribution in [3.8, 4) is 0 Å². The number of aromatic carboxylic acids is 1. The minimum atomic E-state index is -1.15. The number of hydrogen-bond acceptors (Lipinski definition) is 3. The molecular weight excluding hydrogens is 335 g/mol. The average Bonchev–Trinajstić information content (AvgIpc) is 2.78. The zero-order valence-corrected chi connectivity index (χ0v) is 10.8. The van der Waals surface area contributed by atoms with Gasteiger partial charge in [-0.1, -0.05) is 18.2 Å². The number of halogens is 1. The standard InChI is InChI=1S/C12H9IO4/c13-8-4-2-1-3-7(8)11(14)9-5-6-10(17-9)12(15)16/h1-6,11,14H,(H,15,16). The second-order valence-electron chi connectivity index (χ2n) is 3.43. The van der Waals surface area contributed by atoms with Crippen molar-refractivity contribution in [1.82, 2.24) is 0 Å². The van der Waals surface area contributed by atoms with E-state index in [-0.39, 0.29) is 11.5 Å². The highest BCUT2D eigenvalue weighted by Crippen LogP contribution is 2.27. The first-order valence-corrected chi connectivity index (χ1v) is 5.93. The number of aliphatic hydroxyl groups is 1. The Morgan fingerprint density at radius 1 is 1.24 bits per heavy atom. The van der Waals surface area contributed by atoms with Gasteiger partial charge in [0.2, 0.25) is 5.76 Å². The monoisotopic (exact) mass is 344 g/mol. The van der Waals surface area contributed by atoms with Gasteiger partial charge in [-0.2, -0.15) is 0 Å². The van der Waals surface area contributed by atoms with Crippen LogP contribution in [0.1, 0.15) is 28.0 Å². The zero-order valence-electron chi connectivity index (χ0n) is 8.63. The van der Waals surface area contributed by atoms with Crippen molar-refractivity contribution in [2.45, 2.75) is 6.10 Å². The largest absolute Gasteiger partial charge is 0.475 e. The molecule has 1 aromatic carbocycles. The molecule has 0 bridgehead atoms. The highest BCUT2D eigenvalue weighted by molar-refractivity contribution is 14.1. The summed E-state index contributed by atoms with van der Waals surface area (Å²) in [6.07, 6.45) is -0.948. The van der Waals surface area contributed by atoms with Gasteiger partial charge in [0.15, 0.2) is 0 Å². The van der Waals surface area contributed by atoms with Crippen molar-refractivity contribution in [3.05, 3.63) is 57.1 Å².